The molecule has 0 aromatic heterocycles. The molecule has 0 atom stereocenters. The van der Waals surface area contributed by atoms with Gasteiger partial charge in [-0.1, -0.05) is 6.92 Å². The number of piperidine rings is 1. The van der Waals surface area contributed by atoms with E-state index in [1.807, 2.05) is 0 Å². The van der Waals surface area contributed by atoms with Crippen LogP contribution in [0.5, 0.6) is 0 Å². The number of hydrogen-bond donors (Lipinski definition) is 2. The molecule has 1 aliphatic heterocycles. The number of nitrogens with one attached hydrogen (secondary N) is 1. The van der Waals surface area contributed by atoms with E-state index in [1.54, 1.807) is 0 Å². The third-order valence-electron chi connectivity index (χ3n) is 3.76. The molecule has 21 heavy (non-hydrogen) atoms. The maximum Gasteiger partial charge on any atom is 0.335 e. The van der Waals surface area contributed by atoms with Crippen molar-refractivity contribution in [1.82, 2.24) is 4.90 Å². The van der Waals surface area contributed by atoms with Gasteiger partial charge < -0.3 is 15.3 Å². The number of carboxylic acids is 1. The first-order chi connectivity index (χ1) is 10.0. The summed E-state index contributed by atoms with van der Waals surface area (Å²) >= 11 is 0. The fraction of sp³-hybridized carbons (Fsp3) is 0.533. The van der Waals surface area contributed by atoms with E-state index in [0.29, 0.717) is 0 Å². The highest BCUT2D eigenvalue weighted by Crippen LogP contribution is 2.24. The molecule has 1 fully saturated rings. The molecular weight excluding hydrogens is 278 g/mol. The molecule has 1 heterocycles. The summed E-state index contributed by atoms with van der Waals surface area (Å²) in [5, 5.41) is 11.6. The third-order valence-corrected chi connectivity index (χ3v) is 3.76. The Bertz CT molecular complexity index is 491. The monoisotopic (exact) mass is 298 g/mol. The third kappa shape index (κ3) is 3.91. The van der Waals surface area contributed by atoms with E-state index in [2.05, 4.69) is 17.1 Å². The van der Waals surface area contributed by atoms with Gasteiger partial charge in [-0.05, 0) is 37.9 Å². The van der Waals surface area contributed by atoms with E-state index in [-0.39, 0.29) is 17.3 Å². The molecule has 1 aromatic rings. The average molecular weight is 298 g/mol. The Kier molecular flexibility index (Phi) is 5.12. The molecule has 2 N–H and O–H groups in total. The maximum absolute atomic E-state index is 13.8. The van der Waals surface area contributed by atoms with Crippen LogP contribution < -0.4 is 5.32 Å². The minimum atomic E-state index is -1.34. The summed E-state index contributed by atoms with van der Waals surface area (Å²) < 4.78 is 27.7. The smallest absolute Gasteiger partial charge is 0.335 e. The molecule has 4 nitrogen and oxygen atoms in total. The minimum absolute atomic E-state index is 0.0118. The normalized spacial score (nSPS) is 16.9. The quantitative estimate of drug-likeness (QED) is 0.877. The molecule has 2 rings (SSSR count). The van der Waals surface area contributed by atoms with Gasteiger partial charge >= 0.3 is 5.97 Å². The standard InChI is InChI=1S/C15H20F2N2O2/c1-2-5-19-6-3-11(4-7-19)18-14-12(16)8-10(15(20)21)9-13(14)17/h8-9,11,18H,2-7H2,1H3,(H,20,21). The topological polar surface area (TPSA) is 52.6 Å². The van der Waals surface area contributed by atoms with Gasteiger partial charge in [0, 0.05) is 19.1 Å². The molecule has 6 heteroatoms. The lowest BCUT2D eigenvalue weighted by molar-refractivity contribution is 0.0696. The predicted octanol–water partition coefficient (Wildman–Crippen LogP) is 2.95. The van der Waals surface area contributed by atoms with Gasteiger partial charge in [-0.25, -0.2) is 13.6 Å². The highest BCUT2D eigenvalue weighted by atomic mass is 19.1. The Labute approximate surface area is 122 Å². The van der Waals surface area contributed by atoms with Crippen LogP contribution in [0.3, 0.4) is 0 Å². The summed E-state index contributed by atoms with van der Waals surface area (Å²) in [6, 6.07) is 1.71. The van der Waals surface area contributed by atoms with E-state index >= 15 is 0 Å². The number of carbonyl (C=O) groups is 1. The van der Waals surface area contributed by atoms with Crippen LogP contribution in [0.4, 0.5) is 14.5 Å². The fourth-order valence-corrected chi connectivity index (χ4v) is 2.66. The lowest BCUT2D eigenvalue weighted by Crippen LogP contribution is -2.39. The lowest BCUT2D eigenvalue weighted by atomic mass is 10.0. The van der Waals surface area contributed by atoms with Crippen LogP contribution in [0.1, 0.15) is 36.5 Å². The van der Waals surface area contributed by atoms with Crippen molar-refractivity contribution in [3.8, 4) is 0 Å². The summed E-state index contributed by atoms with van der Waals surface area (Å²) in [5.41, 5.74) is -0.609. The highest BCUT2D eigenvalue weighted by molar-refractivity contribution is 5.88. The van der Waals surface area contributed by atoms with Gasteiger partial charge in [-0.2, -0.15) is 0 Å². The maximum atomic E-state index is 13.8. The van der Waals surface area contributed by atoms with Crippen molar-refractivity contribution in [2.45, 2.75) is 32.2 Å². The number of halogens is 2. The first kappa shape index (κ1) is 15.7. The first-order valence-electron chi connectivity index (χ1n) is 7.22. The van der Waals surface area contributed by atoms with Gasteiger partial charge in [0.1, 0.15) is 17.3 Å². The Hall–Kier alpha value is -1.69. The summed E-state index contributed by atoms with van der Waals surface area (Å²) in [6.07, 6.45) is 2.73. The number of aromatic carboxylic acids is 1. The van der Waals surface area contributed by atoms with Crippen LogP contribution in [0.15, 0.2) is 12.1 Å². The summed E-state index contributed by atoms with van der Waals surface area (Å²) in [6.45, 7) is 4.98. The molecule has 0 bridgehead atoms. The van der Waals surface area contributed by atoms with Crippen LogP contribution in [0.25, 0.3) is 0 Å². The molecule has 0 saturated carbocycles. The zero-order valence-corrected chi connectivity index (χ0v) is 12.0. The molecule has 1 aliphatic rings. The summed E-state index contributed by atoms with van der Waals surface area (Å²) in [7, 11) is 0. The van der Waals surface area contributed by atoms with E-state index in [9.17, 15) is 13.6 Å². The van der Waals surface area contributed by atoms with Crippen molar-refractivity contribution < 1.29 is 18.7 Å². The van der Waals surface area contributed by atoms with Crippen LogP contribution in [0, 0.1) is 11.6 Å². The van der Waals surface area contributed by atoms with Crippen molar-refractivity contribution in [3.63, 3.8) is 0 Å². The van der Waals surface area contributed by atoms with Crippen molar-refractivity contribution in [3.05, 3.63) is 29.3 Å². The molecular formula is C15H20F2N2O2. The van der Waals surface area contributed by atoms with E-state index < -0.39 is 17.6 Å². The van der Waals surface area contributed by atoms with Crippen LogP contribution in [-0.4, -0.2) is 41.7 Å². The molecule has 0 aliphatic carbocycles. The van der Waals surface area contributed by atoms with Crippen molar-refractivity contribution in [1.29, 1.82) is 0 Å². The number of rotatable bonds is 5. The van der Waals surface area contributed by atoms with Gasteiger partial charge in [-0.15, -0.1) is 0 Å². The zero-order valence-electron chi connectivity index (χ0n) is 12.0. The van der Waals surface area contributed by atoms with Gasteiger partial charge in [-0.3, -0.25) is 0 Å². The Morgan fingerprint density at radius 1 is 1.33 bits per heavy atom. The van der Waals surface area contributed by atoms with Crippen LogP contribution in [-0.2, 0) is 0 Å². The Morgan fingerprint density at radius 2 is 1.90 bits per heavy atom. The number of hydrogen-bond acceptors (Lipinski definition) is 3. The van der Waals surface area contributed by atoms with Gasteiger partial charge in [0.25, 0.3) is 0 Å². The van der Waals surface area contributed by atoms with E-state index in [1.165, 1.54) is 0 Å². The van der Waals surface area contributed by atoms with Crippen molar-refractivity contribution in [2.75, 3.05) is 25.0 Å². The van der Waals surface area contributed by atoms with Gasteiger partial charge in [0.2, 0.25) is 0 Å². The van der Waals surface area contributed by atoms with Crippen molar-refractivity contribution in [2.24, 2.45) is 0 Å². The van der Waals surface area contributed by atoms with Crippen LogP contribution >= 0.6 is 0 Å². The van der Waals surface area contributed by atoms with Crippen LogP contribution in [0.2, 0.25) is 0 Å². The van der Waals surface area contributed by atoms with Gasteiger partial charge in [0.15, 0.2) is 0 Å². The number of carboxylic acid groups (broad SMARTS) is 1. The number of nitrogens with zero attached hydrogens (tertiary/aromatic N) is 1. The van der Waals surface area contributed by atoms with Gasteiger partial charge in [0.05, 0.1) is 5.56 Å². The fourth-order valence-electron chi connectivity index (χ4n) is 2.66. The minimum Gasteiger partial charge on any atom is -0.478 e. The first-order valence-corrected chi connectivity index (χ1v) is 7.22. The summed E-state index contributed by atoms with van der Waals surface area (Å²) in [5.74, 6) is -3.06. The molecule has 1 aromatic carbocycles. The van der Waals surface area contributed by atoms with Crippen molar-refractivity contribution >= 4 is 11.7 Å². The predicted molar refractivity (Wildman–Crippen MR) is 76.7 cm³/mol. The highest BCUT2D eigenvalue weighted by Gasteiger charge is 2.22. The molecule has 0 amide bonds. The molecule has 0 spiro atoms. The molecule has 0 radical (unpaired) electrons. The largest absolute Gasteiger partial charge is 0.478 e. The average Bonchev–Trinajstić information content (AvgIpc) is 2.44. The number of benzene rings is 1. The Balaban J connectivity index is 2.02. The number of likely N-dealkylation sites (tertiary alicyclic amines) is 1. The summed E-state index contributed by atoms with van der Waals surface area (Å²) in [4.78, 5) is 13.1. The molecule has 1 saturated heterocycles. The number of anilines is 1. The van der Waals surface area contributed by atoms with E-state index in [4.69, 9.17) is 5.11 Å². The SMILES string of the molecule is CCCN1CCC(Nc2c(F)cc(C(=O)O)cc2F)CC1. The zero-order chi connectivity index (χ0) is 15.4. The second kappa shape index (κ2) is 6.85. The second-order valence-corrected chi connectivity index (χ2v) is 5.38. The molecule has 0 unspecified atom stereocenters. The van der Waals surface area contributed by atoms with E-state index in [0.717, 1.165) is 51.0 Å². The lowest BCUT2D eigenvalue weighted by Gasteiger charge is -2.32. The molecule has 116 valence electrons. The Morgan fingerprint density at radius 3 is 2.38 bits per heavy atom. The second-order valence-electron chi connectivity index (χ2n) is 5.38.